The number of nitrogens with zero attached hydrogens (tertiary/aromatic N) is 1. The van der Waals surface area contributed by atoms with Gasteiger partial charge in [-0.25, -0.2) is 0 Å². The lowest BCUT2D eigenvalue weighted by molar-refractivity contribution is 1.19. The average Bonchev–Trinajstić information content (AvgIpc) is 2.33. The van der Waals surface area contributed by atoms with Crippen LogP contribution in [0.1, 0.15) is 6.92 Å². The van der Waals surface area contributed by atoms with Crippen LogP contribution in [0.3, 0.4) is 0 Å². The van der Waals surface area contributed by atoms with Crippen LogP contribution in [0.2, 0.25) is 0 Å². The number of hydrogen-bond acceptors (Lipinski definition) is 3. The van der Waals surface area contributed by atoms with Crippen LogP contribution in [0.5, 0.6) is 0 Å². The summed E-state index contributed by atoms with van der Waals surface area (Å²) in [4.78, 5) is 4.19. The average molecular weight is 292 g/mol. The zero-order chi connectivity index (χ0) is 12.1. The van der Waals surface area contributed by atoms with E-state index >= 15 is 0 Å². The van der Waals surface area contributed by atoms with Gasteiger partial charge in [0.1, 0.15) is 0 Å². The third kappa shape index (κ3) is 3.20. The van der Waals surface area contributed by atoms with Crippen molar-refractivity contribution in [2.45, 2.75) is 6.92 Å². The molecule has 0 aliphatic heterocycles. The van der Waals surface area contributed by atoms with Crippen LogP contribution in [0.15, 0.2) is 47.2 Å². The molecule has 1 heterocycles. The fourth-order valence-electron chi connectivity index (χ4n) is 1.53. The van der Waals surface area contributed by atoms with Crippen molar-refractivity contribution < 1.29 is 0 Å². The monoisotopic (exact) mass is 291 g/mol. The number of pyridine rings is 1. The van der Waals surface area contributed by atoms with Gasteiger partial charge >= 0.3 is 0 Å². The van der Waals surface area contributed by atoms with Gasteiger partial charge in [-0.15, -0.1) is 0 Å². The fraction of sp³-hybridized carbons (Fsp3) is 0.154. The quantitative estimate of drug-likeness (QED) is 0.893. The first-order valence-corrected chi connectivity index (χ1v) is 6.29. The molecule has 0 bridgehead atoms. The molecular formula is C13H14BrN3. The lowest BCUT2D eigenvalue weighted by Gasteiger charge is -2.09. The topological polar surface area (TPSA) is 37.0 Å². The number of anilines is 3. The van der Waals surface area contributed by atoms with E-state index < -0.39 is 0 Å². The van der Waals surface area contributed by atoms with Crippen LogP contribution in [-0.2, 0) is 0 Å². The Hall–Kier alpha value is -1.55. The Morgan fingerprint density at radius 3 is 2.71 bits per heavy atom. The Labute approximate surface area is 109 Å². The molecule has 0 spiro atoms. The maximum absolute atomic E-state index is 4.19. The third-order valence-corrected chi connectivity index (χ3v) is 2.96. The molecule has 0 saturated heterocycles. The Kier molecular flexibility index (Phi) is 3.98. The van der Waals surface area contributed by atoms with Gasteiger partial charge < -0.3 is 10.6 Å². The summed E-state index contributed by atoms with van der Waals surface area (Å²) in [7, 11) is 0. The van der Waals surface area contributed by atoms with Crippen molar-refractivity contribution in [1.82, 2.24) is 4.98 Å². The summed E-state index contributed by atoms with van der Waals surface area (Å²) in [6.07, 6.45) is 3.62. The van der Waals surface area contributed by atoms with E-state index in [2.05, 4.69) is 38.5 Å². The van der Waals surface area contributed by atoms with E-state index in [1.54, 1.807) is 6.20 Å². The normalized spacial score (nSPS) is 10.0. The van der Waals surface area contributed by atoms with Gasteiger partial charge in [-0.3, -0.25) is 4.98 Å². The molecule has 17 heavy (non-hydrogen) atoms. The van der Waals surface area contributed by atoms with Crippen molar-refractivity contribution in [1.29, 1.82) is 0 Å². The molecule has 88 valence electrons. The first-order chi connectivity index (χ1) is 8.29. The van der Waals surface area contributed by atoms with Gasteiger partial charge in [0.15, 0.2) is 0 Å². The Morgan fingerprint density at radius 1 is 1.18 bits per heavy atom. The van der Waals surface area contributed by atoms with E-state index in [-0.39, 0.29) is 0 Å². The summed E-state index contributed by atoms with van der Waals surface area (Å²) in [6, 6.07) is 10.0. The molecule has 0 atom stereocenters. The van der Waals surface area contributed by atoms with Crippen molar-refractivity contribution in [3.05, 3.63) is 47.2 Å². The van der Waals surface area contributed by atoms with Crippen molar-refractivity contribution >= 4 is 33.0 Å². The van der Waals surface area contributed by atoms with E-state index in [4.69, 9.17) is 0 Å². The predicted octanol–water partition coefficient (Wildman–Crippen LogP) is 4.02. The number of halogens is 1. The van der Waals surface area contributed by atoms with Crippen LogP contribution in [0.4, 0.5) is 17.1 Å². The van der Waals surface area contributed by atoms with E-state index in [9.17, 15) is 0 Å². The van der Waals surface area contributed by atoms with Gasteiger partial charge in [0, 0.05) is 11.0 Å². The van der Waals surface area contributed by atoms with E-state index in [0.29, 0.717) is 0 Å². The lowest BCUT2D eigenvalue weighted by Crippen LogP contribution is -1.98. The molecule has 0 unspecified atom stereocenters. The highest BCUT2D eigenvalue weighted by Crippen LogP contribution is 2.25. The number of nitrogens with one attached hydrogen (secondary N) is 2. The minimum absolute atomic E-state index is 0.889. The van der Waals surface area contributed by atoms with E-state index in [1.165, 1.54) is 0 Å². The first kappa shape index (κ1) is 11.9. The molecular weight excluding hydrogens is 278 g/mol. The molecule has 3 nitrogen and oxygen atoms in total. The Balaban J connectivity index is 2.18. The lowest BCUT2D eigenvalue weighted by atomic mass is 10.3. The molecule has 0 aliphatic carbocycles. The van der Waals surface area contributed by atoms with Crippen LogP contribution in [-0.4, -0.2) is 11.5 Å². The SMILES string of the molecule is CCNc1cncc(Nc2ccccc2Br)c1. The highest BCUT2D eigenvalue weighted by atomic mass is 79.9. The van der Waals surface area contributed by atoms with Gasteiger partial charge in [0.05, 0.1) is 29.5 Å². The van der Waals surface area contributed by atoms with Gasteiger partial charge in [-0.05, 0) is 41.1 Å². The van der Waals surface area contributed by atoms with E-state index in [0.717, 1.165) is 28.1 Å². The van der Waals surface area contributed by atoms with Crippen LogP contribution in [0.25, 0.3) is 0 Å². The molecule has 0 amide bonds. The van der Waals surface area contributed by atoms with Crippen LogP contribution >= 0.6 is 15.9 Å². The van der Waals surface area contributed by atoms with Crippen LogP contribution in [0, 0.1) is 0 Å². The summed E-state index contributed by atoms with van der Waals surface area (Å²) in [5.41, 5.74) is 3.02. The summed E-state index contributed by atoms with van der Waals surface area (Å²) in [5, 5.41) is 6.56. The predicted molar refractivity (Wildman–Crippen MR) is 75.8 cm³/mol. The zero-order valence-corrected chi connectivity index (χ0v) is 11.2. The van der Waals surface area contributed by atoms with Crippen molar-refractivity contribution in [3.8, 4) is 0 Å². The first-order valence-electron chi connectivity index (χ1n) is 5.50. The van der Waals surface area contributed by atoms with Crippen LogP contribution < -0.4 is 10.6 Å². The Morgan fingerprint density at radius 2 is 1.94 bits per heavy atom. The number of rotatable bonds is 4. The summed E-state index contributed by atoms with van der Waals surface area (Å²) < 4.78 is 1.04. The largest absolute Gasteiger partial charge is 0.384 e. The standard InChI is InChI=1S/C13H14BrN3/c1-2-16-10-7-11(9-15-8-10)17-13-6-4-3-5-12(13)14/h3-9,16-17H,2H2,1H3. The second kappa shape index (κ2) is 5.68. The molecule has 2 N–H and O–H groups in total. The second-order valence-corrected chi connectivity index (χ2v) is 4.45. The molecule has 0 fully saturated rings. The Bertz CT molecular complexity index is 500. The van der Waals surface area contributed by atoms with Crippen molar-refractivity contribution in [3.63, 3.8) is 0 Å². The van der Waals surface area contributed by atoms with Gasteiger partial charge in [0.25, 0.3) is 0 Å². The van der Waals surface area contributed by atoms with Gasteiger partial charge in [-0.2, -0.15) is 0 Å². The number of hydrogen-bond donors (Lipinski definition) is 2. The van der Waals surface area contributed by atoms with E-state index in [1.807, 2.05) is 36.5 Å². The molecule has 0 saturated carbocycles. The highest BCUT2D eigenvalue weighted by molar-refractivity contribution is 9.10. The van der Waals surface area contributed by atoms with Crippen molar-refractivity contribution in [2.75, 3.05) is 17.2 Å². The molecule has 4 heteroatoms. The summed E-state index contributed by atoms with van der Waals surface area (Å²) in [5.74, 6) is 0. The second-order valence-electron chi connectivity index (χ2n) is 3.60. The summed E-state index contributed by atoms with van der Waals surface area (Å²) in [6.45, 7) is 2.95. The smallest absolute Gasteiger partial charge is 0.0591 e. The number of benzene rings is 1. The maximum atomic E-state index is 4.19. The van der Waals surface area contributed by atoms with Gasteiger partial charge in [0.2, 0.25) is 0 Å². The highest BCUT2D eigenvalue weighted by Gasteiger charge is 2.00. The molecule has 1 aromatic carbocycles. The molecule has 2 aromatic rings. The number of aromatic nitrogens is 1. The number of para-hydroxylation sites is 1. The minimum atomic E-state index is 0.889. The summed E-state index contributed by atoms with van der Waals surface area (Å²) >= 11 is 3.50. The van der Waals surface area contributed by atoms with Crippen molar-refractivity contribution in [2.24, 2.45) is 0 Å². The maximum Gasteiger partial charge on any atom is 0.0591 e. The van der Waals surface area contributed by atoms with Gasteiger partial charge in [-0.1, -0.05) is 12.1 Å². The molecule has 0 radical (unpaired) electrons. The molecule has 0 aliphatic rings. The fourth-order valence-corrected chi connectivity index (χ4v) is 1.91. The molecule has 1 aromatic heterocycles. The third-order valence-electron chi connectivity index (χ3n) is 2.27. The zero-order valence-electron chi connectivity index (χ0n) is 9.57. The molecule has 2 rings (SSSR count). The minimum Gasteiger partial charge on any atom is -0.384 e.